The Kier molecular flexibility index (Phi) is 2.04. The summed E-state index contributed by atoms with van der Waals surface area (Å²) in [6.45, 7) is 0. The van der Waals surface area contributed by atoms with Crippen LogP contribution in [0, 0.1) is 0 Å². The van der Waals surface area contributed by atoms with Gasteiger partial charge in [-0.3, -0.25) is 4.98 Å². The SMILES string of the molecule is O=c1oc(-c2cnc3ccccc3c2)ns1. The molecule has 0 atom stereocenters. The van der Waals surface area contributed by atoms with E-state index in [2.05, 4.69) is 9.36 Å². The Morgan fingerprint density at radius 3 is 2.94 bits per heavy atom. The molecule has 0 radical (unpaired) electrons. The van der Waals surface area contributed by atoms with Gasteiger partial charge in [0.1, 0.15) is 0 Å². The lowest BCUT2D eigenvalue weighted by molar-refractivity contribution is 0.543. The molecule has 0 aliphatic rings. The van der Waals surface area contributed by atoms with Crippen LogP contribution in [0.4, 0.5) is 0 Å². The number of para-hydroxylation sites is 1. The summed E-state index contributed by atoms with van der Waals surface area (Å²) in [6, 6.07) is 9.65. The third kappa shape index (κ3) is 1.51. The summed E-state index contributed by atoms with van der Waals surface area (Å²) in [5, 5.41) is 0.996. The molecule has 0 unspecified atom stereocenters. The van der Waals surface area contributed by atoms with Gasteiger partial charge in [0.25, 0.3) is 0 Å². The van der Waals surface area contributed by atoms with E-state index in [1.54, 1.807) is 6.20 Å². The highest BCUT2D eigenvalue weighted by atomic mass is 32.1. The van der Waals surface area contributed by atoms with Gasteiger partial charge >= 0.3 is 4.94 Å². The van der Waals surface area contributed by atoms with Crippen molar-refractivity contribution in [2.75, 3.05) is 0 Å². The zero-order valence-electron chi connectivity index (χ0n) is 8.08. The van der Waals surface area contributed by atoms with Crippen molar-refractivity contribution >= 4 is 22.4 Å². The molecule has 0 fully saturated rings. The van der Waals surface area contributed by atoms with E-state index in [0.717, 1.165) is 28.0 Å². The van der Waals surface area contributed by atoms with E-state index in [0.29, 0.717) is 5.89 Å². The molecule has 0 aliphatic carbocycles. The van der Waals surface area contributed by atoms with Gasteiger partial charge in [-0.05, 0) is 12.1 Å². The zero-order chi connectivity index (χ0) is 11.0. The Bertz CT molecular complexity index is 702. The molecule has 0 saturated carbocycles. The highest BCUT2D eigenvalue weighted by Crippen LogP contribution is 2.20. The lowest BCUT2D eigenvalue weighted by atomic mass is 10.1. The number of pyridine rings is 1. The van der Waals surface area contributed by atoms with Gasteiger partial charge in [-0.15, -0.1) is 4.37 Å². The molecule has 0 amide bonds. The number of rotatable bonds is 1. The van der Waals surface area contributed by atoms with E-state index in [4.69, 9.17) is 4.42 Å². The normalized spacial score (nSPS) is 10.8. The standard InChI is InChI=1S/C11H6N2O2S/c14-11-15-10(13-16-11)8-5-7-3-1-2-4-9(7)12-6-8/h1-6H. The minimum atomic E-state index is -0.400. The van der Waals surface area contributed by atoms with Crippen molar-refractivity contribution in [1.82, 2.24) is 9.36 Å². The number of nitrogens with zero attached hydrogens (tertiary/aromatic N) is 2. The number of benzene rings is 1. The first-order valence-electron chi connectivity index (χ1n) is 4.65. The number of fused-ring (bicyclic) bond motifs is 1. The first kappa shape index (κ1) is 9.23. The molecule has 0 bridgehead atoms. The van der Waals surface area contributed by atoms with Crippen molar-refractivity contribution < 1.29 is 4.42 Å². The van der Waals surface area contributed by atoms with Crippen LogP contribution in [0.2, 0.25) is 0 Å². The highest BCUT2D eigenvalue weighted by molar-refractivity contribution is 7.02. The summed E-state index contributed by atoms with van der Waals surface area (Å²) in [6.07, 6.45) is 1.65. The maximum atomic E-state index is 10.9. The van der Waals surface area contributed by atoms with E-state index in [1.165, 1.54) is 0 Å². The minimum absolute atomic E-state index is 0.327. The van der Waals surface area contributed by atoms with Crippen LogP contribution < -0.4 is 4.94 Å². The first-order chi connectivity index (χ1) is 7.83. The largest absolute Gasteiger partial charge is 0.414 e. The summed E-state index contributed by atoms with van der Waals surface area (Å²) in [5.41, 5.74) is 1.63. The minimum Gasteiger partial charge on any atom is -0.394 e. The van der Waals surface area contributed by atoms with Crippen molar-refractivity contribution in [3.63, 3.8) is 0 Å². The van der Waals surface area contributed by atoms with Crippen LogP contribution in [-0.2, 0) is 0 Å². The third-order valence-corrected chi connectivity index (χ3v) is 2.71. The Balaban J connectivity index is 2.22. The smallest absolute Gasteiger partial charge is 0.394 e. The van der Waals surface area contributed by atoms with Crippen LogP contribution in [-0.4, -0.2) is 9.36 Å². The molecular formula is C11H6N2O2S. The zero-order valence-corrected chi connectivity index (χ0v) is 8.90. The van der Waals surface area contributed by atoms with Crippen LogP contribution >= 0.6 is 11.5 Å². The molecule has 16 heavy (non-hydrogen) atoms. The molecule has 1 aromatic carbocycles. The molecule has 4 nitrogen and oxygen atoms in total. The summed E-state index contributed by atoms with van der Waals surface area (Å²) in [5.74, 6) is 0.327. The fourth-order valence-corrected chi connectivity index (χ4v) is 1.91. The van der Waals surface area contributed by atoms with Gasteiger partial charge in [0, 0.05) is 11.6 Å². The number of aromatic nitrogens is 2. The van der Waals surface area contributed by atoms with Crippen molar-refractivity contribution in [2.24, 2.45) is 0 Å². The molecule has 3 rings (SSSR count). The quantitative estimate of drug-likeness (QED) is 0.643. The molecule has 5 heteroatoms. The Labute approximate surface area is 94.4 Å². The Hall–Kier alpha value is -2.01. The van der Waals surface area contributed by atoms with E-state index in [1.807, 2.05) is 30.3 Å². The van der Waals surface area contributed by atoms with Gasteiger partial charge < -0.3 is 4.42 Å². The Morgan fingerprint density at radius 1 is 1.25 bits per heavy atom. The van der Waals surface area contributed by atoms with Crippen LogP contribution in [0.5, 0.6) is 0 Å². The van der Waals surface area contributed by atoms with Crippen molar-refractivity contribution in [3.05, 3.63) is 46.3 Å². The van der Waals surface area contributed by atoms with Crippen LogP contribution in [0.25, 0.3) is 22.4 Å². The van der Waals surface area contributed by atoms with Gasteiger partial charge in [0.15, 0.2) is 0 Å². The summed E-state index contributed by atoms with van der Waals surface area (Å²) in [7, 11) is 0. The average molecular weight is 230 g/mol. The lowest BCUT2D eigenvalue weighted by Crippen LogP contribution is -1.84. The van der Waals surface area contributed by atoms with Gasteiger partial charge in [-0.1, -0.05) is 18.2 Å². The average Bonchev–Trinajstić information content (AvgIpc) is 2.75. The molecule has 0 saturated heterocycles. The Morgan fingerprint density at radius 2 is 2.12 bits per heavy atom. The third-order valence-electron chi connectivity index (χ3n) is 2.22. The number of hydrogen-bond acceptors (Lipinski definition) is 5. The monoisotopic (exact) mass is 230 g/mol. The summed E-state index contributed by atoms with van der Waals surface area (Å²) in [4.78, 5) is 14.8. The summed E-state index contributed by atoms with van der Waals surface area (Å²) >= 11 is 0.805. The molecular weight excluding hydrogens is 224 g/mol. The molecule has 2 heterocycles. The number of hydrogen-bond donors (Lipinski definition) is 0. The molecule has 0 N–H and O–H groups in total. The van der Waals surface area contributed by atoms with Crippen LogP contribution in [0.1, 0.15) is 0 Å². The second kappa shape index (κ2) is 3.53. The molecule has 3 aromatic rings. The van der Waals surface area contributed by atoms with E-state index in [-0.39, 0.29) is 0 Å². The topological polar surface area (TPSA) is 56.0 Å². The second-order valence-corrected chi connectivity index (χ2v) is 3.95. The van der Waals surface area contributed by atoms with Crippen molar-refractivity contribution in [1.29, 1.82) is 0 Å². The lowest BCUT2D eigenvalue weighted by Gasteiger charge is -1.98. The fraction of sp³-hybridized carbons (Fsp3) is 0. The van der Waals surface area contributed by atoms with Crippen molar-refractivity contribution in [3.8, 4) is 11.5 Å². The van der Waals surface area contributed by atoms with Crippen LogP contribution in [0.15, 0.2) is 45.7 Å². The van der Waals surface area contributed by atoms with E-state index in [9.17, 15) is 4.79 Å². The van der Waals surface area contributed by atoms with E-state index < -0.39 is 4.94 Å². The van der Waals surface area contributed by atoms with E-state index >= 15 is 0 Å². The predicted molar refractivity (Wildman–Crippen MR) is 61.4 cm³/mol. The first-order valence-corrected chi connectivity index (χ1v) is 5.42. The fourth-order valence-electron chi connectivity index (χ4n) is 1.49. The predicted octanol–water partition coefficient (Wildman–Crippen LogP) is 2.31. The van der Waals surface area contributed by atoms with Gasteiger partial charge in [-0.25, -0.2) is 4.79 Å². The van der Waals surface area contributed by atoms with Crippen LogP contribution in [0.3, 0.4) is 0 Å². The maximum absolute atomic E-state index is 10.9. The maximum Gasteiger partial charge on any atom is 0.414 e. The molecule has 2 aromatic heterocycles. The second-order valence-electron chi connectivity index (χ2n) is 3.26. The molecule has 78 valence electrons. The molecule has 0 aliphatic heterocycles. The van der Waals surface area contributed by atoms with Gasteiger partial charge in [-0.2, -0.15) is 0 Å². The van der Waals surface area contributed by atoms with Gasteiger partial charge in [0.05, 0.1) is 22.6 Å². The highest BCUT2D eigenvalue weighted by Gasteiger charge is 2.06. The van der Waals surface area contributed by atoms with Crippen molar-refractivity contribution in [2.45, 2.75) is 0 Å². The molecule has 0 spiro atoms. The van der Waals surface area contributed by atoms with Gasteiger partial charge in [0.2, 0.25) is 5.89 Å². The summed E-state index contributed by atoms with van der Waals surface area (Å²) < 4.78 is 8.85.